The summed E-state index contributed by atoms with van der Waals surface area (Å²) in [4.78, 5) is 0. The van der Waals surface area contributed by atoms with Crippen LogP contribution in [0.15, 0.2) is 0 Å². The maximum absolute atomic E-state index is 9.51. The van der Waals surface area contributed by atoms with Crippen LogP contribution in [-0.4, -0.2) is 59.8 Å². The average molecular weight is 218 g/mol. The van der Waals surface area contributed by atoms with E-state index >= 15 is 0 Å². The second-order valence-electron chi connectivity index (χ2n) is 4.06. The van der Waals surface area contributed by atoms with Crippen LogP contribution < -0.4 is 10.6 Å². The molecule has 0 aromatic rings. The molecule has 15 heavy (non-hydrogen) atoms. The molecule has 1 saturated heterocycles. The second-order valence-corrected chi connectivity index (χ2v) is 4.06. The van der Waals surface area contributed by atoms with Crippen molar-refractivity contribution in [3.05, 3.63) is 0 Å². The van der Waals surface area contributed by atoms with Gasteiger partial charge >= 0.3 is 0 Å². The quantitative estimate of drug-likeness (QED) is 0.334. The summed E-state index contributed by atoms with van der Waals surface area (Å²) in [6, 6.07) is -0.0437. The Morgan fingerprint density at radius 2 is 2.00 bits per heavy atom. The number of nitrogens with one attached hydrogen (secondary N) is 2. The zero-order valence-electron chi connectivity index (χ0n) is 9.02. The largest absolute Gasteiger partial charge is 0.396 e. The molecule has 1 fully saturated rings. The number of unbranched alkanes of at least 4 members (excludes halogenated alkanes) is 2. The van der Waals surface area contributed by atoms with E-state index in [1.54, 1.807) is 0 Å². The minimum absolute atomic E-state index is 0.0437. The fourth-order valence-electron chi connectivity index (χ4n) is 1.77. The molecule has 0 amide bonds. The van der Waals surface area contributed by atoms with E-state index in [4.69, 9.17) is 5.11 Å². The van der Waals surface area contributed by atoms with Crippen molar-refractivity contribution in [2.75, 3.05) is 26.2 Å². The molecule has 3 unspecified atom stereocenters. The average Bonchev–Trinajstić information content (AvgIpc) is 2.54. The molecule has 5 N–H and O–H groups in total. The van der Waals surface area contributed by atoms with Gasteiger partial charge in [-0.05, 0) is 25.8 Å². The van der Waals surface area contributed by atoms with Gasteiger partial charge in [-0.1, -0.05) is 0 Å². The minimum atomic E-state index is -0.657. The Balaban J connectivity index is 1.96. The van der Waals surface area contributed by atoms with Crippen molar-refractivity contribution < 1.29 is 15.3 Å². The smallest absolute Gasteiger partial charge is 0.0976 e. The highest BCUT2D eigenvalue weighted by molar-refractivity contribution is 4.91. The third-order valence-electron chi connectivity index (χ3n) is 2.77. The molecule has 3 atom stereocenters. The number of β-amino-alcohol motifs (C(OH)–C–C–N with tert-alkyl or cyclic N) is 1. The van der Waals surface area contributed by atoms with E-state index in [-0.39, 0.29) is 12.6 Å². The Labute approximate surface area is 90.5 Å². The van der Waals surface area contributed by atoms with Crippen LogP contribution in [0.1, 0.15) is 19.3 Å². The Kier molecular flexibility index (Phi) is 6.12. The lowest BCUT2D eigenvalue weighted by atomic mass is 10.1. The van der Waals surface area contributed by atoms with Gasteiger partial charge in [0.15, 0.2) is 0 Å². The third-order valence-corrected chi connectivity index (χ3v) is 2.77. The fraction of sp³-hybridized carbons (Fsp3) is 1.00. The van der Waals surface area contributed by atoms with Gasteiger partial charge in [0.2, 0.25) is 0 Å². The highest BCUT2D eigenvalue weighted by atomic mass is 16.3. The molecule has 1 heterocycles. The van der Waals surface area contributed by atoms with E-state index in [1.165, 1.54) is 0 Å². The maximum atomic E-state index is 9.51. The minimum Gasteiger partial charge on any atom is -0.396 e. The lowest BCUT2D eigenvalue weighted by Gasteiger charge is -2.16. The maximum Gasteiger partial charge on any atom is 0.0976 e. The SMILES string of the molecule is OCCCCCNCC1NCC(O)C1O. The van der Waals surface area contributed by atoms with Crippen molar-refractivity contribution in [3.63, 3.8) is 0 Å². The van der Waals surface area contributed by atoms with Crippen LogP contribution in [0.5, 0.6) is 0 Å². The first kappa shape index (κ1) is 12.9. The summed E-state index contributed by atoms with van der Waals surface area (Å²) in [6.07, 6.45) is 1.62. The van der Waals surface area contributed by atoms with Gasteiger partial charge < -0.3 is 26.0 Å². The summed E-state index contributed by atoms with van der Waals surface area (Å²) in [5, 5.41) is 33.6. The summed E-state index contributed by atoms with van der Waals surface area (Å²) in [5.74, 6) is 0. The Morgan fingerprint density at radius 1 is 1.20 bits per heavy atom. The molecule has 90 valence electrons. The second kappa shape index (κ2) is 7.14. The van der Waals surface area contributed by atoms with Gasteiger partial charge in [-0.15, -0.1) is 0 Å². The summed E-state index contributed by atoms with van der Waals surface area (Å²) in [7, 11) is 0. The first-order valence-electron chi connectivity index (χ1n) is 5.67. The fourth-order valence-corrected chi connectivity index (χ4v) is 1.77. The number of aliphatic hydroxyl groups is 3. The molecule has 0 aromatic carbocycles. The van der Waals surface area contributed by atoms with Crippen LogP contribution in [0.2, 0.25) is 0 Å². The number of hydrogen-bond acceptors (Lipinski definition) is 5. The van der Waals surface area contributed by atoms with Crippen LogP contribution in [0.25, 0.3) is 0 Å². The summed E-state index contributed by atoms with van der Waals surface area (Å²) < 4.78 is 0. The van der Waals surface area contributed by atoms with Gasteiger partial charge in [-0.2, -0.15) is 0 Å². The zero-order valence-corrected chi connectivity index (χ0v) is 9.02. The van der Waals surface area contributed by atoms with Gasteiger partial charge in [0.25, 0.3) is 0 Å². The summed E-state index contributed by atoms with van der Waals surface area (Å²) in [5.41, 5.74) is 0. The topological polar surface area (TPSA) is 84.8 Å². The van der Waals surface area contributed by atoms with Crippen molar-refractivity contribution in [1.82, 2.24) is 10.6 Å². The first-order valence-corrected chi connectivity index (χ1v) is 5.67. The lowest BCUT2D eigenvalue weighted by Crippen LogP contribution is -2.41. The van der Waals surface area contributed by atoms with Crippen LogP contribution in [-0.2, 0) is 0 Å². The predicted octanol–water partition coefficient (Wildman–Crippen LogP) is -1.57. The molecule has 0 aromatic heterocycles. The number of aliphatic hydroxyl groups excluding tert-OH is 3. The Morgan fingerprint density at radius 3 is 2.60 bits per heavy atom. The standard InChI is InChI=1S/C10H22N2O3/c13-5-3-1-2-4-11-6-8-10(15)9(14)7-12-8/h8-15H,1-7H2. The monoisotopic (exact) mass is 218 g/mol. The molecular formula is C10H22N2O3. The van der Waals surface area contributed by atoms with Crippen molar-refractivity contribution in [2.24, 2.45) is 0 Å². The van der Waals surface area contributed by atoms with E-state index in [0.29, 0.717) is 13.1 Å². The molecule has 0 bridgehead atoms. The summed E-state index contributed by atoms with van der Waals surface area (Å²) >= 11 is 0. The molecule has 0 spiro atoms. The molecule has 0 saturated carbocycles. The molecule has 1 rings (SSSR count). The van der Waals surface area contributed by atoms with Crippen LogP contribution in [0, 0.1) is 0 Å². The van der Waals surface area contributed by atoms with Gasteiger partial charge in [-0.25, -0.2) is 0 Å². The normalized spacial score (nSPS) is 31.0. The zero-order chi connectivity index (χ0) is 11.1. The molecule has 5 heteroatoms. The van der Waals surface area contributed by atoms with Crippen molar-refractivity contribution in [2.45, 2.75) is 37.5 Å². The van der Waals surface area contributed by atoms with Crippen LogP contribution in [0.3, 0.4) is 0 Å². The van der Waals surface area contributed by atoms with E-state index in [1.807, 2.05) is 0 Å². The van der Waals surface area contributed by atoms with Gasteiger partial charge in [0.05, 0.1) is 12.2 Å². The Hall–Kier alpha value is -0.200. The highest BCUT2D eigenvalue weighted by Gasteiger charge is 2.32. The van der Waals surface area contributed by atoms with Crippen molar-refractivity contribution in [1.29, 1.82) is 0 Å². The van der Waals surface area contributed by atoms with E-state index < -0.39 is 12.2 Å². The van der Waals surface area contributed by atoms with E-state index in [2.05, 4.69) is 10.6 Å². The number of hydrogen-bond donors (Lipinski definition) is 5. The molecule has 0 radical (unpaired) electrons. The third kappa shape index (κ3) is 4.44. The number of rotatable bonds is 7. The molecule has 0 aliphatic carbocycles. The van der Waals surface area contributed by atoms with Gasteiger partial charge in [0.1, 0.15) is 0 Å². The van der Waals surface area contributed by atoms with Gasteiger partial charge in [-0.3, -0.25) is 0 Å². The molecule has 5 nitrogen and oxygen atoms in total. The molecular weight excluding hydrogens is 196 g/mol. The van der Waals surface area contributed by atoms with E-state index in [9.17, 15) is 10.2 Å². The van der Waals surface area contributed by atoms with Crippen LogP contribution in [0.4, 0.5) is 0 Å². The van der Waals surface area contributed by atoms with Crippen molar-refractivity contribution in [3.8, 4) is 0 Å². The van der Waals surface area contributed by atoms with Crippen molar-refractivity contribution >= 4 is 0 Å². The predicted molar refractivity (Wildman–Crippen MR) is 57.6 cm³/mol. The van der Waals surface area contributed by atoms with E-state index in [0.717, 1.165) is 25.8 Å². The summed E-state index contributed by atoms with van der Waals surface area (Å²) in [6.45, 7) is 2.30. The molecule has 1 aliphatic rings. The first-order chi connectivity index (χ1) is 7.25. The van der Waals surface area contributed by atoms with Crippen LogP contribution >= 0.6 is 0 Å². The molecule has 1 aliphatic heterocycles. The Bertz CT molecular complexity index is 169. The van der Waals surface area contributed by atoms with Gasteiger partial charge in [0, 0.05) is 25.7 Å². The lowest BCUT2D eigenvalue weighted by molar-refractivity contribution is 0.0407. The highest BCUT2D eigenvalue weighted by Crippen LogP contribution is 2.06.